The Kier molecular flexibility index (Phi) is 5.87. The Morgan fingerprint density at radius 2 is 1.79 bits per heavy atom. The molecule has 0 aliphatic carbocycles. The first-order chi connectivity index (χ1) is 13.8. The first-order valence-corrected chi connectivity index (χ1v) is 10.4. The molecule has 1 aliphatic heterocycles. The molecule has 1 saturated heterocycles. The molecule has 1 amide bonds. The molecule has 0 atom stereocenters. The molecule has 1 N–H and O–H groups in total. The molecule has 1 aromatic heterocycles. The molecule has 1 aliphatic rings. The van der Waals surface area contributed by atoms with Crippen molar-refractivity contribution < 1.29 is 9.53 Å². The maximum absolute atomic E-state index is 12.1. The van der Waals surface area contributed by atoms with Gasteiger partial charge in [0.05, 0.1) is 5.69 Å². The highest BCUT2D eigenvalue weighted by molar-refractivity contribution is 7.14. The minimum Gasteiger partial charge on any atom is -0.484 e. The van der Waals surface area contributed by atoms with E-state index in [-0.39, 0.29) is 12.5 Å². The highest BCUT2D eigenvalue weighted by Crippen LogP contribution is 2.29. The molecule has 3 aromatic rings. The van der Waals surface area contributed by atoms with Crippen LogP contribution < -0.4 is 15.0 Å². The van der Waals surface area contributed by atoms with Gasteiger partial charge >= 0.3 is 0 Å². The van der Waals surface area contributed by atoms with Crippen LogP contribution in [0.4, 0.5) is 10.8 Å². The number of benzene rings is 2. The van der Waals surface area contributed by atoms with Gasteiger partial charge in [0.1, 0.15) is 5.75 Å². The summed E-state index contributed by atoms with van der Waals surface area (Å²) in [5.74, 6) is 0.499. The summed E-state index contributed by atoms with van der Waals surface area (Å²) >= 11 is 1.70. The van der Waals surface area contributed by atoms with Gasteiger partial charge in [0.15, 0.2) is 11.7 Å². The predicted molar refractivity (Wildman–Crippen MR) is 114 cm³/mol. The van der Waals surface area contributed by atoms with Gasteiger partial charge in [-0.15, -0.1) is 11.3 Å². The Morgan fingerprint density at radius 3 is 2.54 bits per heavy atom. The molecule has 28 heavy (non-hydrogen) atoms. The van der Waals surface area contributed by atoms with Crippen LogP contribution in [0.3, 0.4) is 0 Å². The molecule has 0 saturated carbocycles. The number of nitrogens with zero attached hydrogens (tertiary/aromatic N) is 2. The van der Waals surface area contributed by atoms with E-state index in [4.69, 9.17) is 9.72 Å². The van der Waals surface area contributed by atoms with Gasteiger partial charge in [-0.2, -0.15) is 0 Å². The van der Waals surface area contributed by atoms with E-state index in [1.54, 1.807) is 11.3 Å². The fourth-order valence-corrected chi connectivity index (χ4v) is 4.10. The molecule has 0 radical (unpaired) electrons. The quantitative estimate of drug-likeness (QED) is 0.652. The molecular formula is C22H23N3O2S. The normalized spacial score (nSPS) is 13.9. The van der Waals surface area contributed by atoms with Crippen LogP contribution in [0.2, 0.25) is 0 Å². The summed E-state index contributed by atoms with van der Waals surface area (Å²) in [5.41, 5.74) is 2.78. The number of hydrogen-bond acceptors (Lipinski definition) is 5. The lowest BCUT2D eigenvalue weighted by molar-refractivity contribution is -0.118. The molecule has 0 spiro atoms. The van der Waals surface area contributed by atoms with E-state index in [2.05, 4.69) is 15.6 Å². The van der Waals surface area contributed by atoms with Crippen molar-refractivity contribution in [3.63, 3.8) is 0 Å². The van der Waals surface area contributed by atoms with Gasteiger partial charge in [0.2, 0.25) is 0 Å². The van der Waals surface area contributed by atoms with Crippen LogP contribution in [0.5, 0.6) is 5.75 Å². The van der Waals surface area contributed by atoms with Gasteiger partial charge in [-0.3, -0.25) is 4.79 Å². The van der Waals surface area contributed by atoms with Crippen molar-refractivity contribution >= 4 is 28.1 Å². The van der Waals surface area contributed by atoms with E-state index in [1.807, 2.05) is 54.6 Å². The van der Waals surface area contributed by atoms with Crippen LogP contribution in [0.25, 0.3) is 11.3 Å². The lowest BCUT2D eigenvalue weighted by Crippen LogP contribution is -2.29. The molecule has 4 rings (SSSR count). The first kappa shape index (κ1) is 18.5. The van der Waals surface area contributed by atoms with E-state index < -0.39 is 0 Å². The number of ether oxygens (including phenoxy) is 1. The lowest BCUT2D eigenvalue weighted by atomic mass is 10.1. The van der Waals surface area contributed by atoms with Crippen molar-refractivity contribution in [1.82, 2.24) is 4.98 Å². The fraction of sp³-hybridized carbons (Fsp3) is 0.273. The molecule has 2 heterocycles. The lowest BCUT2D eigenvalue weighted by Gasteiger charge is -2.25. The van der Waals surface area contributed by atoms with Crippen LogP contribution >= 0.6 is 11.3 Å². The molecule has 0 unspecified atom stereocenters. The summed E-state index contributed by atoms with van der Waals surface area (Å²) in [5, 5.41) is 6.06. The molecular weight excluding hydrogens is 370 g/mol. The van der Waals surface area contributed by atoms with Gasteiger partial charge in [0.25, 0.3) is 5.91 Å². The number of anilines is 2. The Hall–Kier alpha value is -2.86. The summed E-state index contributed by atoms with van der Waals surface area (Å²) in [6.07, 6.45) is 3.81. The van der Waals surface area contributed by atoms with Gasteiger partial charge in [-0.05, 0) is 43.5 Å². The van der Waals surface area contributed by atoms with Gasteiger partial charge in [0, 0.05) is 29.7 Å². The Morgan fingerprint density at radius 1 is 1.04 bits per heavy atom. The molecule has 0 bridgehead atoms. The summed E-state index contributed by atoms with van der Waals surface area (Å²) in [6, 6.07) is 17.1. The molecule has 1 fully saturated rings. The number of amides is 1. The topological polar surface area (TPSA) is 54.5 Å². The van der Waals surface area contributed by atoms with Gasteiger partial charge < -0.3 is 15.0 Å². The van der Waals surface area contributed by atoms with Crippen molar-refractivity contribution in [1.29, 1.82) is 0 Å². The minimum absolute atomic E-state index is 0.0168. The van der Waals surface area contributed by atoms with Crippen molar-refractivity contribution in [2.75, 3.05) is 29.9 Å². The van der Waals surface area contributed by atoms with E-state index in [9.17, 15) is 4.79 Å². The third-order valence-corrected chi connectivity index (χ3v) is 5.60. The summed E-state index contributed by atoms with van der Waals surface area (Å²) in [6.45, 7) is 2.18. The van der Waals surface area contributed by atoms with E-state index in [0.717, 1.165) is 35.2 Å². The number of hydrogen-bond donors (Lipinski definition) is 1. The Labute approximate surface area is 169 Å². The summed E-state index contributed by atoms with van der Waals surface area (Å²) in [4.78, 5) is 19.2. The predicted octanol–water partition coefficient (Wildman–Crippen LogP) is 4.82. The van der Waals surface area contributed by atoms with Crippen LogP contribution in [0.1, 0.15) is 19.3 Å². The van der Waals surface area contributed by atoms with Crippen molar-refractivity contribution in [2.45, 2.75) is 19.3 Å². The highest BCUT2D eigenvalue weighted by Gasteiger charge is 2.15. The Bertz CT molecular complexity index is 903. The molecule has 6 heteroatoms. The second-order valence-electron chi connectivity index (χ2n) is 6.79. The fourth-order valence-electron chi connectivity index (χ4n) is 3.21. The van der Waals surface area contributed by atoms with Crippen molar-refractivity contribution in [2.24, 2.45) is 0 Å². The van der Waals surface area contributed by atoms with Crippen LogP contribution in [0.15, 0.2) is 60.0 Å². The number of nitrogens with one attached hydrogen (secondary N) is 1. The number of para-hydroxylation sites is 1. The average Bonchev–Trinajstić information content (AvgIpc) is 3.25. The number of piperidine rings is 1. The summed E-state index contributed by atoms with van der Waals surface area (Å²) < 4.78 is 5.47. The van der Waals surface area contributed by atoms with Crippen LogP contribution in [-0.2, 0) is 4.79 Å². The molecule has 144 valence electrons. The number of carbonyl (C=O) groups excluding carboxylic acids is 1. The second-order valence-corrected chi connectivity index (χ2v) is 7.63. The number of thiazole rings is 1. The van der Waals surface area contributed by atoms with Crippen LogP contribution in [-0.4, -0.2) is 30.6 Å². The van der Waals surface area contributed by atoms with E-state index in [0.29, 0.717) is 5.75 Å². The smallest absolute Gasteiger partial charge is 0.262 e. The zero-order chi connectivity index (χ0) is 19.2. The maximum Gasteiger partial charge on any atom is 0.262 e. The number of aromatic nitrogens is 1. The zero-order valence-corrected chi connectivity index (χ0v) is 16.5. The second kappa shape index (κ2) is 8.89. The van der Waals surface area contributed by atoms with Crippen molar-refractivity contribution in [3.05, 3.63) is 60.0 Å². The monoisotopic (exact) mass is 393 g/mol. The Balaban J connectivity index is 1.33. The maximum atomic E-state index is 12.1. The van der Waals surface area contributed by atoms with Gasteiger partial charge in [-0.25, -0.2) is 4.98 Å². The van der Waals surface area contributed by atoms with Crippen molar-refractivity contribution in [3.8, 4) is 17.0 Å². The number of carbonyl (C=O) groups is 1. The van der Waals surface area contributed by atoms with Gasteiger partial charge in [-0.1, -0.05) is 30.3 Å². The minimum atomic E-state index is -0.183. The number of rotatable bonds is 6. The zero-order valence-electron chi connectivity index (χ0n) is 15.6. The third kappa shape index (κ3) is 4.70. The first-order valence-electron chi connectivity index (χ1n) is 9.56. The molecule has 5 nitrogen and oxygen atoms in total. The summed E-state index contributed by atoms with van der Waals surface area (Å²) in [7, 11) is 0. The largest absolute Gasteiger partial charge is 0.484 e. The highest BCUT2D eigenvalue weighted by atomic mass is 32.1. The van der Waals surface area contributed by atoms with Crippen LogP contribution in [0, 0.1) is 0 Å². The third-order valence-electron chi connectivity index (χ3n) is 4.70. The average molecular weight is 394 g/mol. The SMILES string of the molecule is O=C(COc1ccccc1)Nc1ccc(-c2csc(N3CCCCC3)n2)cc1. The standard InChI is InChI=1S/C22H23N3O2S/c26-21(15-27-19-7-3-1-4-8-19)23-18-11-9-17(10-12-18)20-16-28-22(24-20)25-13-5-2-6-14-25/h1,3-4,7-12,16H,2,5-6,13-15H2,(H,23,26). The molecule has 2 aromatic carbocycles. The van der Waals surface area contributed by atoms with E-state index in [1.165, 1.54) is 19.3 Å². The van der Waals surface area contributed by atoms with E-state index >= 15 is 0 Å².